The fraction of sp³-hybridized carbons (Fsp3) is 0.333. The van der Waals surface area contributed by atoms with Gasteiger partial charge >= 0.3 is 0 Å². The maximum absolute atomic E-state index is 11.5. The van der Waals surface area contributed by atoms with Gasteiger partial charge in [0.05, 0.1) is 13.2 Å². The molecule has 1 aromatic rings. The van der Waals surface area contributed by atoms with Gasteiger partial charge in [-0.1, -0.05) is 85.5 Å². The van der Waals surface area contributed by atoms with Crippen molar-refractivity contribution in [3.63, 3.8) is 0 Å². The molecule has 1 unspecified atom stereocenters. The van der Waals surface area contributed by atoms with Crippen LogP contribution in [0.3, 0.4) is 0 Å². The summed E-state index contributed by atoms with van der Waals surface area (Å²) in [5.41, 5.74) is 8.94. The zero-order valence-electron chi connectivity index (χ0n) is 18.4. The number of ether oxygens (including phenoxy) is 1. The van der Waals surface area contributed by atoms with Crippen LogP contribution >= 0.6 is 22.6 Å². The minimum absolute atomic E-state index is 0.253. The SMILES string of the molecule is C=C(C#N)/C=C(/OC)C(=C)C(C)C(C(N)=O)=C(C)C.CCc1ccccc1.CI. The van der Waals surface area contributed by atoms with E-state index < -0.39 is 5.91 Å². The standard InChI is InChI=1S/C15H20N2O2.C8H10.CH3I/c1-9(2)14(15(17)18)12(5)11(4)13(19-6)7-10(3)8-16;1-2-8-6-4-3-5-7-8;1-2/h7,12H,3-4H2,1-2,5-6H3,(H2,17,18);3-7H,2H2,1H3;1H3/b13-7+;;. The molecule has 4 nitrogen and oxygen atoms in total. The molecular formula is C24H33IN2O2. The molecule has 2 N–H and O–H groups in total. The number of alkyl halides is 1. The highest BCUT2D eigenvalue weighted by Crippen LogP contribution is 2.27. The van der Waals surface area contributed by atoms with Crippen molar-refractivity contribution in [3.05, 3.63) is 83.2 Å². The molecule has 0 radical (unpaired) electrons. The number of hydrogen-bond acceptors (Lipinski definition) is 3. The van der Waals surface area contributed by atoms with E-state index in [4.69, 9.17) is 15.7 Å². The van der Waals surface area contributed by atoms with Gasteiger partial charge < -0.3 is 10.5 Å². The van der Waals surface area contributed by atoms with E-state index in [2.05, 4.69) is 66.9 Å². The molecule has 0 aliphatic carbocycles. The van der Waals surface area contributed by atoms with Crippen LogP contribution in [-0.2, 0) is 16.0 Å². The van der Waals surface area contributed by atoms with Gasteiger partial charge in [-0.05, 0) is 42.4 Å². The molecule has 1 atom stereocenters. The zero-order valence-corrected chi connectivity index (χ0v) is 20.5. The number of nitriles is 1. The number of hydrogen-bond donors (Lipinski definition) is 1. The summed E-state index contributed by atoms with van der Waals surface area (Å²) in [6, 6.07) is 12.4. The number of nitrogens with two attached hydrogens (primary N) is 1. The fourth-order valence-corrected chi connectivity index (χ4v) is 2.47. The molecule has 0 aliphatic rings. The van der Waals surface area contributed by atoms with Crippen LogP contribution in [0.2, 0.25) is 0 Å². The van der Waals surface area contributed by atoms with Crippen LogP contribution in [0.25, 0.3) is 0 Å². The first-order valence-corrected chi connectivity index (χ1v) is 11.3. The Morgan fingerprint density at radius 1 is 1.28 bits per heavy atom. The number of carbonyl (C=O) groups excluding carboxylic acids is 1. The number of halogens is 1. The summed E-state index contributed by atoms with van der Waals surface area (Å²) < 4.78 is 5.19. The second-order valence-corrected chi connectivity index (χ2v) is 6.21. The molecule has 0 saturated heterocycles. The third-order valence-electron chi connectivity index (χ3n) is 4.00. The highest BCUT2D eigenvalue weighted by atomic mass is 127. The van der Waals surface area contributed by atoms with E-state index in [0.717, 1.165) is 12.0 Å². The Morgan fingerprint density at radius 2 is 1.79 bits per heavy atom. The molecule has 0 heterocycles. The number of carbonyl (C=O) groups is 1. The molecule has 0 aromatic heterocycles. The number of nitrogens with zero attached hydrogens (tertiary/aromatic N) is 1. The highest BCUT2D eigenvalue weighted by Gasteiger charge is 2.21. The van der Waals surface area contributed by atoms with Crippen molar-refractivity contribution in [2.45, 2.75) is 34.1 Å². The Kier molecular flexibility index (Phi) is 16.5. The largest absolute Gasteiger partial charge is 0.496 e. The van der Waals surface area contributed by atoms with Crippen molar-refractivity contribution in [1.29, 1.82) is 5.26 Å². The van der Waals surface area contributed by atoms with Gasteiger partial charge in [-0.15, -0.1) is 0 Å². The summed E-state index contributed by atoms with van der Waals surface area (Å²) in [6.07, 6.45) is 2.63. The summed E-state index contributed by atoms with van der Waals surface area (Å²) in [7, 11) is 1.47. The van der Waals surface area contributed by atoms with Crippen LogP contribution < -0.4 is 5.73 Å². The summed E-state index contributed by atoms with van der Waals surface area (Å²) in [5.74, 6) is -0.359. The molecule has 0 saturated carbocycles. The van der Waals surface area contributed by atoms with Crippen LogP contribution in [0.1, 0.15) is 33.3 Å². The van der Waals surface area contributed by atoms with E-state index >= 15 is 0 Å². The van der Waals surface area contributed by atoms with Crippen molar-refractivity contribution in [1.82, 2.24) is 0 Å². The maximum atomic E-state index is 11.5. The summed E-state index contributed by atoms with van der Waals surface area (Å²) >= 11 is 2.15. The quantitative estimate of drug-likeness (QED) is 0.124. The van der Waals surface area contributed by atoms with Crippen LogP contribution in [0, 0.1) is 17.2 Å². The second kappa shape index (κ2) is 16.6. The first-order valence-electron chi connectivity index (χ1n) is 9.12. The van der Waals surface area contributed by atoms with Gasteiger partial charge in [0.25, 0.3) is 0 Å². The Balaban J connectivity index is 0. The Morgan fingerprint density at radius 3 is 2.10 bits per heavy atom. The summed E-state index contributed by atoms with van der Waals surface area (Å²) in [5, 5.41) is 8.72. The lowest BCUT2D eigenvalue weighted by molar-refractivity contribution is -0.115. The van der Waals surface area contributed by atoms with Gasteiger partial charge in [-0.3, -0.25) is 4.79 Å². The Hall–Kier alpha value is -2.33. The summed E-state index contributed by atoms with van der Waals surface area (Å²) in [6.45, 7) is 15.1. The first-order chi connectivity index (χ1) is 13.7. The molecule has 0 bridgehead atoms. The number of rotatable bonds is 7. The van der Waals surface area contributed by atoms with Crippen molar-refractivity contribution in [2.75, 3.05) is 12.0 Å². The number of primary amides is 1. The average Bonchev–Trinajstić information content (AvgIpc) is 2.73. The molecule has 158 valence electrons. The number of allylic oxidation sites excluding steroid dienone is 4. The number of aryl methyl sites for hydroxylation is 1. The van der Waals surface area contributed by atoms with Gasteiger partial charge in [0, 0.05) is 17.1 Å². The lowest BCUT2D eigenvalue weighted by Gasteiger charge is -2.19. The van der Waals surface area contributed by atoms with E-state index in [9.17, 15) is 4.79 Å². The van der Waals surface area contributed by atoms with Gasteiger partial charge in [-0.25, -0.2) is 0 Å². The maximum Gasteiger partial charge on any atom is 0.245 e. The molecular weight excluding hydrogens is 475 g/mol. The molecule has 29 heavy (non-hydrogen) atoms. The normalized spacial score (nSPS) is 10.6. The molecule has 0 aliphatic heterocycles. The van der Waals surface area contributed by atoms with Gasteiger partial charge in [0.2, 0.25) is 5.91 Å². The number of benzene rings is 1. The minimum atomic E-state index is -0.483. The molecule has 1 amide bonds. The van der Waals surface area contributed by atoms with Crippen molar-refractivity contribution >= 4 is 28.5 Å². The van der Waals surface area contributed by atoms with Crippen molar-refractivity contribution in [2.24, 2.45) is 11.7 Å². The van der Waals surface area contributed by atoms with E-state index in [1.165, 1.54) is 18.7 Å². The highest BCUT2D eigenvalue weighted by molar-refractivity contribution is 14.1. The van der Waals surface area contributed by atoms with Crippen LogP contribution in [0.15, 0.2) is 77.6 Å². The number of methoxy groups -OCH3 is 1. The van der Waals surface area contributed by atoms with Crippen molar-refractivity contribution < 1.29 is 9.53 Å². The predicted molar refractivity (Wildman–Crippen MR) is 131 cm³/mol. The fourth-order valence-electron chi connectivity index (χ4n) is 2.47. The van der Waals surface area contributed by atoms with E-state index in [1.54, 1.807) is 0 Å². The van der Waals surface area contributed by atoms with Gasteiger partial charge in [0.1, 0.15) is 5.76 Å². The van der Waals surface area contributed by atoms with Gasteiger partial charge in [-0.2, -0.15) is 5.26 Å². The second-order valence-electron chi connectivity index (χ2n) is 6.21. The van der Waals surface area contributed by atoms with Crippen LogP contribution in [0.5, 0.6) is 0 Å². The average molecular weight is 508 g/mol. The molecule has 1 rings (SSSR count). The van der Waals surface area contributed by atoms with Crippen LogP contribution in [-0.4, -0.2) is 17.9 Å². The molecule has 1 aromatic carbocycles. The topological polar surface area (TPSA) is 76.1 Å². The summed E-state index contributed by atoms with van der Waals surface area (Å²) in [4.78, 5) is 13.4. The van der Waals surface area contributed by atoms with Gasteiger partial charge in [0.15, 0.2) is 0 Å². The van der Waals surface area contributed by atoms with E-state index in [1.807, 2.05) is 37.8 Å². The third kappa shape index (κ3) is 11.3. The van der Waals surface area contributed by atoms with Crippen molar-refractivity contribution in [3.8, 4) is 6.07 Å². The zero-order chi connectivity index (χ0) is 23.0. The smallest absolute Gasteiger partial charge is 0.245 e. The van der Waals surface area contributed by atoms with Crippen LogP contribution in [0.4, 0.5) is 0 Å². The minimum Gasteiger partial charge on any atom is -0.496 e. The monoisotopic (exact) mass is 508 g/mol. The molecule has 0 fully saturated rings. The Labute approximate surface area is 190 Å². The first kappa shape index (κ1) is 28.9. The van der Waals surface area contributed by atoms with E-state index in [0.29, 0.717) is 16.9 Å². The lowest BCUT2D eigenvalue weighted by atomic mass is 9.88. The third-order valence-corrected chi connectivity index (χ3v) is 4.00. The molecule has 5 heteroatoms. The Bertz CT molecular complexity index is 768. The number of amides is 1. The van der Waals surface area contributed by atoms with E-state index in [-0.39, 0.29) is 11.5 Å². The predicted octanol–water partition coefficient (Wildman–Crippen LogP) is 5.91. The molecule has 0 spiro atoms. The lowest BCUT2D eigenvalue weighted by Crippen LogP contribution is -2.22.